The van der Waals surface area contributed by atoms with Crippen molar-refractivity contribution in [3.05, 3.63) is 86.8 Å². The lowest BCUT2D eigenvalue weighted by molar-refractivity contribution is -0.384. The van der Waals surface area contributed by atoms with Crippen LogP contribution < -0.4 is 10.5 Å². The first-order valence-electron chi connectivity index (χ1n) is 10.3. The van der Waals surface area contributed by atoms with E-state index in [0.717, 1.165) is 5.69 Å². The zero-order valence-corrected chi connectivity index (χ0v) is 17.4. The number of hydrogen-bond donors (Lipinski definition) is 1. The Kier molecular flexibility index (Phi) is 5.05. The number of nitro groups is 1. The van der Waals surface area contributed by atoms with Gasteiger partial charge in [-0.3, -0.25) is 24.7 Å². The molecular formula is C22H19N7O4. The minimum atomic E-state index is -0.499. The van der Waals surface area contributed by atoms with Crippen molar-refractivity contribution >= 4 is 28.6 Å². The second kappa shape index (κ2) is 8.19. The van der Waals surface area contributed by atoms with Crippen molar-refractivity contribution in [2.75, 3.05) is 31.1 Å². The van der Waals surface area contributed by atoms with Crippen LogP contribution in [-0.2, 0) is 0 Å². The number of rotatable bonds is 4. The Hall–Kier alpha value is -4.54. The Morgan fingerprint density at radius 1 is 1.00 bits per heavy atom. The van der Waals surface area contributed by atoms with Gasteiger partial charge in [0, 0.05) is 43.9 Å². The molecule has 0 bridgehead atoms. The maximum Gasteiger partial charge on any atom is 0.269 e. The largest absolute Gasteiger partial charge is 0.339 e. The van der Waals surface area contributed by atoms with Crippen molar-refractivity contribution in [3.8, 4) is 5.69 Å². The quantitative estimate of drug-likeness (QED) is 0.375. The van der Waals surface area contributed by atoms with E-state index in [0.29, 0.717) is 48.7 Å². The summed E-state index contributed by atoms with van der Waals surface area (Å²) in [6, 6.07) is 15.0. The minimum absolute atomic E-state index is 0.0588. The number of anilines is 1. The number of nitro benzene ring substituents is 1. The number of carbonyl (C=O) groups is 1. The van der Waals surface area contributed by atoms with Gasteiger partial charge in [0.25, 0.3) is 17.2 Å². The highest BCUT2D eigenvalue weighted by Gasteiger charge is 2.24. The maximum absolute atomic E-state index is 12.8. The molecule has 2 aromatic heterocycles. The van der Waals surface area contributed by atoms with Gasteiger partial charge in [0.2, 0.25) is 5.95 Å². The lowest BCUT2D eigenvalue weighted by Crippen LogP contribution is -2.49. The molecule has 1 aliphatic heterocycles. The molecule has 1 fully saturated rings. The van der Waals surface area contributed by atoms with Gasteiger partial charge in [-0.25, -0.2) is 4.68 Å². The summed E-state index contributed by atoms with van der Waals surface area (Å²) in [7, 11) is 0. The highest BCUT2D eigenvalue weighted by molar-refractivity contribution is 5.94. The lowest BCUT2D eigenvalue weighted by Gasteiger charge is -2.35. The van der Waals surface area contributed by atoms with Crippen LogP contribution in [0.5, 0.6) is 0 Å². The lowest BCUT2D eigenvalue weighted by atomic mass is 10.1. The Balaban J connectivity index is 1.34. The van der Waals surface area contributed by atoms with Crippen LogP contribution in [0.3, 0.4) is 0 Å². The third-order valence-electron chi connectivity index (χ3n) is 5.62. The van der Waals surface area contributed by atoms with Crippen molar-refractivity contribution in [2.45, 2.75) is 0 Å². The van der Waals surface area contributed by atoms with Gasteiger partial charge in [-0.1, -0.05) is 18.2 Å². The molecule has 0 spiro atoms. The summed E-state index contributed by atoms with van der Waals surface area (Å²) in [5.74, 6) is 0.233. The minimum Gasteiger partial charge on any atom is -0.339 e. The molecule has 0 saturated carbocycles. The number of H-pyrrole nitrogens is 1. The molecule has 1 amide bonds. The molecule has 0 radical (unpaired) electrons. The number of non-ortho nitro benzene ring substituents is 1. The van der Waals surface area contributed by atoms with E-state index < -0.39 is 4.92 Å². The molecule has 1 aliphatic rings. The topological polar surface area (TPSA) is 130 Å². The van der Waals surface area contributed by atoms with E-state index in [1.165, 1.54) is 30.5 Å². The SMILES string of the molecule is O=C(c1ccc([N+](=O)[O-])cc1)N1CCN(c2nc3c(cnn3-c3ccccc3)c(=O)[nH]2)CC1. The predicted octanol–water partition coefficient (Wildman–Crippen LogP) is 1.98. The summed E-state index contributed by atoms with van der Waals surface area (Å²) in [6.45, 7) is 1.81. The summed E-state index contributed by atoms with van der Waals surface area (Å²) in [5, 5.41) is 15.5. The summed E-state index contributed by atoms with van der Waals surface area (Å²) >= 11 is 0. The molecule has 0 aliphatic carbocycles. The number of amides is 1. The molecule has 11 heteroatoms. The third-order valence-corrected chi connectivity index (χ3v) is 5.62. The third kappa shape index (κ3) is 3.80. The second-order valence-electron chi connectivity index (χ2n) is 7.60. The molecule has 4 aromatic rings. The number of fused-ring (bicyclic) bond motifs is 1. The zero-order chi connectivity index (χ0) is 22.9. The van der Waals surface area contributed by atoms with Crippen LogP contribution in [0.15, 0.2) is 65.6 Å². The summed E-state index contributed by atoms with van der Waals surface area (Å²) < 4.78 is 1.63. The first-order valence-corrected chi connectivity index (χ1v) is 10.3. The number of aromatic amines is 1. The fourth-order valence-corrected chi connectivity index (χ4v) is 3.84. The van der Waals surface area contributed by atoms with Gasteiger partial charge < -0.3 is 9.80 Å². The van der Waals surface area contributed by atoms with Crippen molar-refractivity contribution in [1.29, 1.82) is 0 Å². The van der Waals surface area contributed by atoms with Gasteiger partial charge >= 0.3 is 0 Å². The van der Waals surface area contributed by atoms with Crippen LogP contribution in [0.25, 0.3) is 16.7 Å². The molecule has 166 valence electrons. The normalized spacial score (nSPS) is 13.9. The number of carbonyl (C=O) groups excluding carboxylic acids is 1. The van der Waals surface area contributed by atoms with E-state index >= 15 is 0 Å². The number of nitrogens with one attached hydrogen (secondary N) is 1. The average Bonchev–Trinajstić information content (AvgIpc) is 3.29. The molecule has 1 saturated heterocycles. The average molecular weight is 445 g/mol. The number of piperazine rings is 1. The smallest absolute Gasteiger partial charge is 0.269 e. The molecule has 2 aromatic carbocycles. The molecule has 33 heavy (non-hydrogen) atoms. The van der Waals surface area contributed by atoms with Crippen molar-refractivity contribution in [1.82, 2.24) is 24.6 Å². The van der Waals surface area contributed by atoms with Gasteiger partial charge in [-0.15, -0.1) is 0 Å². The van der Waals surface area contributed by atoms with E-state index in [4.69, 9.17) is 0 Å². The van der Waals surface area contributed by atoms with Gasteiger partial charge in [0.15, 0.2) is 5.65 Å². The Morgan fingerprint density at radius 3 is 2.36 bits per heavy atom. The van der Waals surface area contributed by atoms with E-state index in [1.54, 1.807) is 9.58 Å². The Labute approximate surface area is 187 Å². The molecule has 1 N–H and O–H groups in total. The molecule has 0 atom stereocenters. The van der Waals surface area contributed by atoms with E-state index in [-0.39, 0.29) is 17.2 Å². The van der Waals surface area contributed by atoms with Crippen LogP contribution in [0.4, 0.5) is 11.6 Å². The van der Waals surface area contributed by atoms with Crippen molar-refractivity contribution in [2.24, 2.45) is 0 Å². The Bertz CT molecular complexity index is 1390. The number of hydrogen-bond acceptors (Lipinski definition) is 7. The van der Waals surface area contributed by atoms with Gasteiger partial charge in [-0.2, -0.15) is 10.1 Å². The molecule has 0 unspecified atom stereocenters. The van der Waals surface area contributed by atoms with Crippen molar-refractivity contribution in [3.63, 3.8) is 0 Å². The van der Waals surface area contributed by atoms with Crippen LogP contribution in [-0.4, -0.2) is 61.7 Å². The number of para-hydroxylation sites is 1. The summed E-state index contributed by atoms with van der Waals surface area (Å²) in [6.07, 6.45) is 1.50. The molecule has 5 rings (SSSR count). The summed E-state index contributed by atoms with van der Waals surface area (Å²) in [4.78, 5) is 46.8. The Morgan fingerprint density at radius 2 is 1.70 bits per heavy atom. The second-order valence-corrected chi connectivity index (χ2v) is 7.60. The molecule has 11 nitrogen and oxygen atoms in total. The maximum atomic E-state index is 12.8. The molecular weight excluding hydrogens is 426 g/mol. The monoisotopic (exact) mass is 445 g/mol. The first kappa shape index (κ1) is 20.4. The van der Waals surface area contributed by atoms with E-state index in [9.17, 15) is 19.7 Å². The fraction of sp³-hybridized carbons (Fsp3) is 0.182. The van der Waals surface area contributed by atoms with E-state index in [1.807, 2.05) is 35.2 Å². The number of nitrogens with zero attached hydrogens (tertiary/aromatic N) is 6. The van der Waals surface area contributed by atoms with Crippen molar-refractivity contribution < 1.29 is 9.72 Å². The fourth-order valence-electron chi connectivity index (χ4n) is 3.84. The van der Waals surface area contributed by atoms with Gasteiger partial charge in [-0.05, 0) is 24.3 Å². The standard InChI is InChI=1S/C22H19N7O4/c30-20-18-14-23-28(16-4-2-1-3-5-16)19(18)24-22(25-20)27-12-10-26(11-13-27)21(31)15-6-8-17(9-7-15)29(32)33/h1-9,14H,10-13H2,(H,24,25,30). The summed E-state index contributed by atoms with van der Waals surface area (Å²) in [5.41, 5.74) is 1.33. The van der Waals surface area contributed by atoms with Crippen LogP contribution in [0.1, 0.15) is 10.4 Å². The van der Waals surface area contributed by atoms with E-state index in [2.05, 4.69) is 15.1 Å². The highest BCUT2D eigenvalue weighted by atomic mass is 16.6. The van der Waals surface area contributed by atoms with Crippen LogP contribution >= 0.6 is 0 Å². The molecule has 3 heterocycles. The van der Waals surface area contributed by atoms with Gasteiger partial charge in [0.1, 0.15) is 5.39 Å². The van der Waals surface area contributed by atoms with Crippen LogP contribution in [0, 0.1) is 10.1 Å². The van der Waals surface area contributed by atoms with Gasteiger partial charge in [0.05, 0.1) is 16.8 Å². The van der Waals surface area contributed by atoms with Crippen LogP contribution in [0.2, 0.25) is 0 Å². The number of benzene rings is 2. The number of aromatic nitrogens is 4. The predicted molar refractivity (Wildman–Crippen MR) is 121 cm³/mol. The zero-order valence-electron chi connectivity index (χ0n) is 17.4. The first-order chi connectivity index (χ1) is 16.0. The highest BCUT2D eigenvalue weighted by Crippen LogP contribution is 2.19.